The third kappa shape index (κ3) is 3.10. The molecule has 0 spiro atoms. The number of amides is 1. The number of ketones is 1. The Morgan fingerprint density at radius 1 is 1.11 bits per heavy atom. The van der Waals surface area contributed by atoms with E-state index in [0.717, 1.165) is 0 Å². The van der Waals surface area contributed by atoms with Crippen LogP contribution in [0.5, 0.6) is 0 Å². The Hall–Kier alpha value is -3.74. The van der Waals surface area contributed by atoms with Crippen LogP contribution in [-0.2, 0) is 11.3 Å². The van der Waals surface area contributed by atoms with Crippen LogP contribution in [-0.4, -0.2) is 21.5 Å². The largest absolute Gasteiger partial charge is 0.422 e. The van der Waals surface area contributed by atoms with Crippen LogP contribution in [0.1, 0.15) is 17.3 Å². The number of fused-ring (bicyclic) bond motifs is 3. The van der Waals surface area contributed by atoms with Crippen LogP contribution in [0.2, 0.25) is 0 Å². The molecule has 0 aliphatic heterocycles. The van der Waals surface area contributed by atoms with Crippen molar-refractivity contribution in [2.24, 2.45) is 0 Å². The molecule has 4 aromatic rings. The molecule has 0 aliphatic carbocycles. The third-order valence-corrected chi connectivity index (χ3v) is 4.25. The van der Waals surface area contributed by atoms with E-state index in [9.17, 15) is 14.4 Å². The fourth-order valence-electron chi connectivity index (χ4n) is 3.00. The Labute approximate surface area is 153 Å². The van der Waals surface area contributed by atoms with E-state index in [2.05, 4.69) is 10.4 Å². The van der Waals surface area contributed by atoms with Crippen molar-refractivity contribution < 1.29 is 14.0 Å². The number of para-hydroxylation sites is 1. The highest BCUT2D eigenvalue weighted by Crippen LogP contribution is 2.22. The molecule has 134 valence electrons. The fourth-order valence-corrected chi connectivity index (χ4v) is 3.00. The van der Waals surface area contributed by atoms with Gasteiger partial charge in [0.2, 0.25) is 5.91 Å². The standard InChI is InChI=1S/C20H15N3O4/c1-12(24)13-5-4-6-14(9-13)22-18(25)11-23-19-15-7-2-3-8-17(15)27-20(26)16(19)10-21-23/h2-10H,11H2,1H3,(H,22,25). The van der Waals surface area contributed by atoms with Crippen LogP contribution < -0.4 is 10.9 Å². The van der Waals surface area contributed by atoms with Crippen molar-refractivity contribution in [1.82, 2.24) is 9.78 Å². The number of Topliss-reactive ketones (excluding diaryl/α,β-unsaturated/α-hetero) is 1. The fraction of sp³-hybridized carbons (Fsp3) is 0.100. The summed E-state index contributed by atoms with van der Waals surface area (Å²) in [6, 6.07) is 13.8. The molecule has 0 fully saturated rings. The van der Waals surface area contributed by atoms with Crippen LogP contribution in [0.25, 0.3) is 21.9 Å². The minimum absolute atomic E-state index is 0.0811. The number of nitrogens with zero attached hydrogens (tertiary/aromatic N) is 2. The molecule has 7 nitrogen and oxygen atoms in total. The number of carbonyl (C=O) groups excluding carboxylic acids is 2. The van der Waals surface area contributed by atoms with Gasteiger partial charge in [0.25, 0.3) is 0 Å². The number of benzene rings is 2. The van der Waals surface area contributed by atoms with Gasteiger partial charge in [-0.3, -0.25) is 14.3 Å². The van der Waals surface area contributed by atoms with E-state index in [-0.39, 0.29) is 18.2 Å². The minimum atomic E-state index is -0.496. The predicted octanol–water partition coefficient (Wildman–Crippen LogP) is 2.98. The second kappa shape index (κ2) is 6.53. The van der Waals surface area contributed by atoms with E-state index in [1.54, 1.807) is 36.4 Å². The van der Waals surface area contributed by atoms with E-state index in [1.165, 1.54) is 17.8 Å². The van der Waals surface area contributed by atoms with Crippen molar-refractivity contribution in [2.75, 3.05) is 5.32 Å². The first kappa shape index (κ1) is 16.7. The molecule has 0 unspecified atom stereocenters. The third-order valence-electron chi connectivity index (χ3n) is 4.25. The molecule has 7 heteroatoms. The predicted molar refractivity (Wildman–Crippen MR) is 101 cm³/mol. The highest BCUT2D eigenvalue weighted by molar-refractivity contribution is 6.03. The van der Waals surface area contributed by atoms with Gasteiger partial charge in [0.05, 0.1) is 11.7 Å². The second-order valence-electron chi connectivity index (χ2n) is 6.14. The number of carbonyl (C=O) groups is 2. The molecule has 27 heavy (non-hydrogen) atoms. The van der Waals surface area contributed by atoms with Crippen LogP contribution in [0.4, 0.5) is 5.69 Å². The maximum absolute atomic E-state index is 12.5. The summed E-state index contributed by atoms with van der Waals surface area (Å²) in [6.07, 6.45) is 1.40. The van der Waals surface area contributed by atoms with Gasteiger partial charge in [-0.2, -0.15) is 5.10 Å². The van der Waals surface area contributed by atoms with Crippen molar-refractivity contribution in [2.45, 2.75) is 13.5 Å². The molecule has 2 aromatic heterocycles. The lowest BCUT2D eigenvalue weighted by atomic mass is 10.1. The Balaban J connectivity index is 1.68. The van der Waals surface area contributed by atoms with Gasteiger partial charge in [0.1, 0.15) is 17.5 Å². The average Bonchev–Trinajstić information content (AvgIpc) is 3.06. The lowest BCUT2D eigenvalue weighted by Crippen LogP contribution is -2.19. The summed E-state index contributed by atoms with van der Waals surface area (Å²) in [5, 5.41) is 7.95. The molecule has 0 atom stereocenters. The Morgan fingerprint density at radius 2 is 1.93 bits per heavy atom. The summed E-state index contributed by atoms with van der Waals surface area (Å²) in [6.45, 7) is 1.38. The van der Waals surface area contributed by atoms with Gasteiger partial charge < -0.3 is 9.73 Å². The van der Waals surface area contributed by atoms with Gasteiger partial charge in [-0.1, -0.05) is 24.3 Å². The summed E-state index contributed by atoms with van der Waals surface area (Å²) in [5.74, 6) is -0.402. The Morgan fingerprint density at radius 3 is 2.74 bits per heavy atom. The van der Waals surface area contributed by atoms with Gasteiger partial charge in [0.15, 0.2) is 5.78 Å². The number of rotatable bonds is 4. The summed E-state index contributed by atoms with van der Waals surface area (Å²) in [5.41, 5.74) is 1.53. The summed E-state index contributed by atoms with van der Waals surface area (Å²) < 4.78 is 6.75. The zero-order valence-electron chi connectivity index (χ0n) is 14.4. The maximum Gasteiger partial charge on any atom is 0.347 e. The molecule has 0 saturated heterocycles. The van der Waals surface area contributed by atoms with E-state index in [0.29, 0.717) is 33.1 Å². The first-order valence-electron chi connectivity index (χ1n) is 8.31. The van der Waals surface area contributed by atoms with Crippen molar-refractivity contribution in [3.63, 3.8) is 0 Å². The first-order valence-corrected chi connectivity index (χ1v) is 8.31. The van der Waals surface area contributed by atoms with Crippen molar-refractivity contribution in [1.29, 1.82) is 0 Å². The summed E-state index contributed by atoms with van der Waals surface area (Å²) in [7, 11) is 0. The van der Waals surface area contributed by atoms with Crippen LogP contribution in [0, 0.1) is 0 Å². The lowest BCUT2D eigenvalue weighted by molar-refractivity contribution is -0.116. The highest BCUT2D eigenvalue weighted by Gasteiger charge is 2.15. The Kier molecular flexibility index (Phi) is 4.04. The SMILES string of the molecule is CC(=O)c1cccc(NC(=O)Cn2ncc3c(=O)oc4ccccc4c32)c1. The van der Waals surface area contributed by atoms with Crippen molar-refractivity contribution >= 4 is 39.2 Å². The summed E-state index contributed by atoms with van der Waals surface area (Å²) in [4.78, 5) is 36.1. The van der Waals surface area contributed by atoms with Crippen LogP contribution in [0.15, 0.2) is 63.9 Å². The number of hydrogen-bond acceptors (Lipinski definition) is 5. The lowest BCUT2D eigenvalue weighted by Gasteiger charge is -2.08. The zero-order chi connectivity index (χ0) is 19.0. The molecule has 2 aromatic carbocycles. The van der Waals surface area contributed by atoms with Crippen LogP contribution >= 0.6 is 0 Å². The molecule has 1 N–H and O–H groups in total. The zero-order valence-corrected chi connectivity index (χ0v) is 14.4. The molecule has 4 rings (SSSR count). The van der Waals surface area contributed by atoms with E-state index < -0.39 is 5.63 Å². The number of aromatic nitrogens is 2. The van der Waals surface area contributed by atoms with Gasteiger partial charge in [-0.15, -0.1) is 0 Å². The molecule has 0 bridgehead atoms. The summed E-state index contributed by atoms with van der Waals surface area (Å²) >= 11 is 0. The Bertz CT molecular complexity index is 1250. The first-order chi connectivity index (χ1) is 13.0. The van der Waals surface area contributed by atoms with Gasteiger partial charge in [-0.05, 0) is 31.2 Å². The maximum atomic E-state index is 12.5. The molecule has 0 aliphatic rings. The normalized spacial score (nSPS) is 11.0. The quantitative estimate of drug-likeness (QED) is 0.445. The van der Waals surface area contributed by atoms with E-state index in [1.807, 2.05) is 12.1 Å². The smallest absolute Gasteiger partial charge is 0.347 e. The molecule has 0 saturated carbocycles. The van der Waals surface area contributed by atoms with Gasteiger partial charge >= 0.3 is 5.63 Å². The highest BCUT2D eigenvalue weighted by atomic mass is 16.4. The van der Waals surface area contributed by atoms with Gasteiger partial charge in [-0.25, -0.2) is 4.79 Å². The monoisotopic (exact) mass is 361 g/mol. The minimum Gasteiger partial charge on any atom is -0.422 e. The molecule has 0 radical (unpaired) electrons. The topological polar surface area (TPSA) is 94.2 Å². The molecule has 1 amide bonds. The van der Waals surface area contributed by atoms with Gasteiger partial charge in [0, 0.05) is 16.6 Å². The van der Waals surface area contributed by atoms with E-state index in [4.69, 9.17) is 4.42 Å². The van der Waals surface area contributed by atoms with E-state index >= 15 is 0 Å². The number of nitrogens with one attached hydrogen (secondary N) is 1. The number of hydrogen-bond donors (Lipinski definition) is 1. The molecule has 2 heterocycles. The second-order valence-corrected chi connectivity index (χ2v) is 6.14. The molecular formula is C20H15N3O4. The average molecular weight is 361 g/mol. The van der Waals surface area contributed by atoms with Crippen molar-refractivity contribution in [3.8, 4) is 0 Å². The number of anilines is 1. The van der Waals surface area contributed by atoms with Crippen LogP contribution in [0.3, 0.4) is 0 Å². The van der Waals surface area contributed by atoms with Crippen molar-refractivity contribution in [3.05, 3.63) is 70.7 Å². The molecular weight excluding hydrogens is 346 g/mol.